The Bertz CT molecular complexity index is 620. The number of hydrogen-bond acceptors (Lipinski definition) is 0. The van der Waals surface area contributed by atoms with Crippen molar-refractivity contribution in [1.82, 2.24) is 0 Å². The maximum Gasteiger partial charge on any atom is 0 e. The molecule has 0 fully saturated rings. The fraction of sp³-hybridized carbons (Fsp3) is 0.250. The van der Waals surface area contributed by atoms with E-state index in [0.29, 0.717) is 7.92 Å². The van der Waals surface area contributed by atoms with Gasteiger partial charge in [0.25, 0.3) is 0 Å². The minimum atomic E-state index is -0.446. The Kier molecular flexibility index (Phi) is 16.5. The van der Waals surface area contributed by atoms with Crippen LogP contribution in [-0.2, 0) is 40.5 Å². The molecule has 0 nitrogen and oxygen atoms in total. The first kappa shape index (κ1) is 27.8. The van der Waals surface area contributed by atoms with Crippen molar-refractivity contribution < 1.29 is 40.5 Å². The molecule has 0 atom stereocenters. The van der Waals surface area contributed by atoms with Gasteiger partial charge in [0.1, 0.15) is 0 Å². The normalized spacial score (nSPS) is 9.75. The van der Waals surface area contributed by atoms with Gasteiger partial charge in [-0.2, -0.15) is 0 Å². The summed E-state index contributed by atoms with van der Waals surface area (Å²) in [5.74, 6) is 0. The van der Waals surface area contributed by atoms with Gasteiger partial charge < -0.3 is 0 Å². The summed E-state index contributed by atoms with van der Waals surface area (Å²) in [7, 11) is -0.000000000000000111. The zero-order valence-electron chi connectivity index (χ0n) is 16.8. The first-order valence-corrected chi connectivity index (χ1v) is 12.7. The van der Waals surface area contributed by atoms with E-state index in [-0.39, 0.29) is 40.5 Å². The van der Waals surface area contributed by atoms with Crippen molar-refractivity contribution in [3.8, 4) is 0 Å². The van der Waals surface area contributed by atoms with Crippen LogP contribution in [0.1, 0.15) is 20.8 Å². The second kappa shape index (κ2) is 16.6. The van der Waals surface area contributed by atoms with E-state index in [1.807, 2.05) is 0 Å². The molecule has 3 aromatic rings. The third kappa shape index (κ3) is 9.10. The van der Waals surface area contributed by atoms with Crippen LogP contribution < -0.4 is 15.9 Å². The smallest absolute Gasteiger partial charge is 0 e. The van der Waals surface area contributed by atoms with Crippen LogP contribution in [0.3, 0.4) is 0 Å². The number of hydrogen-bond donors (Lipinski definition) is 0. The van der Waals surface area contributed by atoms with Gasteiger partial charge in [-0.05, 0) is 42.3 Å². The molecule has 3 rings (SSSR count). The van der Waals surface area contributed by atoms with E-state index in [0.717, 1.165) is 0 Å². The molecule has 0 bridgehead atoms. The molecule has 0 N–H and O–H groups in total. The summed E-state index contributed by atoms with van der Waals surface area (Å²) in [5, 5.41) is 4.19. The van der Waals surface area contributed by atoms with Gasteiger partial charge in [0.2, 0.25) is 0 Å². The van der Waals surface area contributed by atoms with Crippen LogP contribution in [0.25, 0.3) is 0 Å². The molecule has 0 aliphatic rings. The van der Waals surface area contributed by atoms with Crippen LogP contribution in [-0.4, -0.2) is 18.5 Å². The zero-order chi connectivity index (χ0) is 18.6. The van der Waals surface area contributed by atoms with Crippen molar-refractivity contribution >= 4 is 31.8 Å². The molecule has 0 amide bonds. The summed E-state index contributed by atoms with van der Waals surface area (Å²) in [6.07, 6.45) is 4.26. The van der Waals surface area contributed by atoms with E-state index in [4.69, 9.17) is 0 Å². The predicted octanol–water partition coefficient (Wildman–Crippen LogP) is 5.97. The van der Waals surface area contributed by atoms with Crippen molar-refractivity contribution in [3.63, 3.8) is 0 Å². The maximum absolute atomic E-state index is 2.29. The summed E-state index contributed by atoms with van der Waals surface area (Å²) in [6, 6.07) is 32.3. The molecule has 0 spiro atoms. The Hall–Kier alpha value is -0.168. The van der Waals surface area contributed by atoms with Crippen molar-refractivity contribution in [1.29, 1.82) is 0 Å². The average Bonchev–Trinajstić information content (AvgIpc) is 2.72. The van der Waals surface area contributed by atoms with Crippen LogP contribution in [0.15, 0.2) is 91.0 Å². The van der Waals surface area contributed by atoms with Crippen LogP contribution in [0.5, 0.6) is 0 Å². The quantitative estimate of drug-likeness (QED) is 0.223. The minimum Gasteiger partial charge on any atom is -0.108 e. The number of rotatable bonds is 6. The standard InChI is InChI=1S/C18H15P.C6H15P.Ir.Pd/c1-4-10-16(11-5-1)19(17-12-6-2-7-13-17)18-14-8-3-9-15-18;1-4-7(5-2)6-3;;/h1-15H;4-6H2,1-3H3;;. The van der Waals surface area contributed by atoms with Crippen LogP contribution >= 0.6 is 15.8 Å². The third-order valence-electron chi connectivity index (χ3n) is 4.38. The van der Waals surface area contributed by atoms with Gasteiger partial charge in [0.05, 0.1) is 0 Å². The van der Waals surface area contributed by atoms with Gasteiger partial charge in [-0.3, -0.25) is 0 Å². The van der Waals surface area contributed by atoms with Gasteiger partial charge >= 0.3 is 0 Å². The van der Waals surface area contributed by atoms with Crippen LogP contribution in [0, 0.1) is 0 Å². The van der Waals surface area contributed by atoms with E-state index in [1.165, 1.54) is 34.4 Å². The molecule has 0 aromatic heterocycles. The first-order chi connectivity index (χ1) is 12.8. The largest absolute Gasteiger partial charge is 0.108 e. The molecular formula is C24H30IrP2Pd. The SMILES string of the molecule is CCP(CC)CC.[Ir].[Pd].c1ccc(P(c2ccccc2)c2ccccc2)cc1. The summed E-state index contributed by atoms with van der Waals surface area (Å²) >= 11 is 0. The van der Waals surface area contributed by atoms with E-state index in [2.05, 4.69) is 112 Å². The molecule has 0 aliphatic heterocycles. The average molecular weight is 679 g/mol. The monoisotopic (exact) mass is 679 g/mol. The van der Waals surface area contributed by atoms with Crippen molar-refractivity contribution in [2.45, 2.75) is 20.8 Å². The molecule has 28 heavy (non-hydrogen) atoms. The Morgan fingerprint density at radius 2 is 0.750 bits per heavy atom. The molecular weight excluding hydrogens is 649 g/mol. The van der Waals surface area contributed by atoms with Gasteiger partial charge in [0.15, 0.2) is 0 Å². The summed E-state index contributed by atoms with van der Waals surface area (Å²) < 4.78 is 0. The summed E-state index contributed by atoms with van der Waals surface area (Å²) in [6.45, 7) is 6.87. The van der Waals surface area contributed by atoms with Gasteiger partial charge in [-0.15, -0.1) is 7.92 Å². The fourth-order valence-corrected chi connectivity index (χ4v) is 6.50. The molecule has 1 radical (unpaired) electrons. The second-order valence-electron chi connectivity index (χ2n) is 5.96. The Balaban J connectivity index is 0.000000707. The van der Waals surface area contributed by atoms with E-state index >= 15 is 0 Å². The molecule has 155 valence electrons. The molecule has 0 unspecified atom stereocenters. The van der Waals surface area contributed by atoms with Crippen molar-refractivity contribution in [2.24, 2.45) is 0 Å². The van der Waals surface area contributed by atoms with Crippen LogP contribution in [0.2, 0.25) is 0 Å². The fourth-order valence-electron chi connectivity index (χ4n) is 2.85. The molecule has 0 saturated carbocycles. The van der Waals surface area contributed by atoms with Gasteiger partial charge in [-0.1, -0.05) is 112 Å². The molecule has 0 saturated heterocycles. The third-order valence-corrected chi connectivity index (χ3v) is 9.51. The number of benzene rings is 3. The van der Waals surface area contributed by atoms with Crippen LogP contribution in [0.4, 0.5) is 0 Å². The predicted molar refractivity (Wildman–Crippen MR) is 124 cm³/mol. The van der Waals surface area contributed by atoms with E-state index in [9.17, 15) is 0 Å². The Labute approximate surface area is 201 Å². The molecule has 4 heteroatoms. The zero-order valence-corrected chi connectivity index (χ0v) is 22.6. The van der Waals surface area contributed by atoms with Crippen molar-refractivity contribution in [2.75, 3.05) is 18.5 Å². The minimum absolute atomic E-state index is 0. The first-order valence-electron chi connectivity index (χ1n) is 9.47. The van der Waals surface area contributed by atoms with Gasteiger partial charge in [-0.25, -0.2) is 0 Å². The topological polar surface area (TPSA) is 0 Å². The Morgan fingerprint density at radius 1 is 0.500 bits per heavy atom. The Morgan fingerprint density at radius 3 is 0.929 bits per heavy atom. The summed E-state index contributed by atoms with van der Waals surface area (Å²) in [5.41, 5.74) is 0. The second-order valence-corrected chi connectivity index (χ2v) is 11.4. The molecule has 0 aliphatic carbocycles. The van der Waals surface area contributed by atoms with E-state index in [1.54, 1.807) is 0 Å². The maximum atomic E-state index is 2.29. The molecule has 3 aromatic carbocycles. The van der Waals surface area contributed by atoms with E-state index < -0.39 is 7.92 Å². The molecule has 0 heterocycles. The summed E-state index contributed by atoms with van der Waals surface area (Å²) in [4.78, 5) is 0. The van der Waals surface area contributed by atoms with Gasteiger partial charge in [0, 0.05) is 40.5 Å². The van der Waals surface area contributed by atoms with Crippen molar-refractivity contribution in [3.05, 3.63) is 91.0 Å².